The molecule has 7 nitrogen and oxygen atoms in total. The third-order valence-electron chi connectivity index (χ3n) is 4.88. The second kappa shape index (κ2) is 9.36. The van der Waals surface area contributed by atoms with Crippen LogP contribution in [0.2, 0.25) is 0 Å². The summed E-state index contributed by atoms with van der Waals surface area (Å²) in [5.74, 6) is 1.80. The minimum absolute atomic E-state index is 0.247. The number of rotatable bonds is 8. The van der Waals surface area contributed by atoms with Crippen LogP contribution in [-0.2, 0) is 21.4 Å². The molecule has 1 aliphatic rings. The Balaban J connectivity index is 1.49. The summed E-state index contributed by atoms with van der Waals surface area (Å²) in [4.78, 5) is 4.16. The second-order valence-corrected chi connectivity index (χ2v) is 8.71. The summed E-state index contributed by atoms with van der Waals surface area (Å²) in [6, 6.07) is 8.89. The molecule has 0 saturated carbocycles. The highest BCUT2D eigenvalue weighted by Crippen LogP contribution is 2.25. The van der Waals surface area contributed by atoms with E-state index in [2.05, 4.69) is 4.98 Å². The van der Waals surface area contributed by atoms with Gasteiger partial charge in [-0.05, 0) is 48.6 Å². The molecular formula is C20H26N2O5S. The van der Waals surface area contributed by atoms with Crippen molar-refractivity contribution in [3.05, 3.63) is 48.3 Å². The smallest absolute Gasteiger partial charge is 0.244 e. The first-order valence-electron chi connectivity index (χ1n) is 9.23. The van der Waals surface area contributed by atoms with Crippen LogP contribution in [0.15, 0.2) is 47.6 Å². The standard InChI is InChI=1S/C20H26N2O5S/c1-25-18-10-17(11-19(12-18)26-2)15-27-14-16-5-8-22(9-6-16)28(23,24)20-4-3-7-21-13-20/h3-4,7,10-13,16H,5-6,8-9,14-15H2,1-2H3. The predicted octanol–water partition coefficient (Wildman–Crippen LogP) is 2.72. The van der Waals surface area contributed by atoms with Crippen molar-refractivity contribution >= 4 is 10.0 Å². The molecule has 1 aliphatic heterocycles. The molecule has 0 N–H and O–H groups in total. The topological polar surface area (TPSA) is 78.0 Å². The average Bonchev–Trinajstić information content (AvgIpc) is 2.74. The van der Waals surface area contributed by atoms with Gasteiger partial charge in [-0.3, -0.25) is 4.98 Å². The van der Waals surface area contributed by atoms with Crippen LogP contribution in [0.1, 0.15) is 18.4 Å². The van der Waals surface area contributed by atoms with Gasteiger partial charge in [0.2, 0.25) is 10.0 Å². The van der Waals surface area contributed by atoms with E-state index in [1.165, 1.54) is 10.5 Å². The number of nitrogens with zero attached hydrogens (tertiary/aromatic N) is 2. The molecule has 1 fully saturated rings. The predicted molar refractivity (Wildman–Crippen MR) is 105 cm³/mol. The lowest BCUT2D eigenvalue weighted by atomic mass is 9.99. The lowest BCUT2D eigenvalue weighted by molar-refractivity contribution is 0.0686. The Bertz CT molecular complexity index is 843. The number of methoxy groups -OCH3 is 2. The molecular weight excluding hydrogens is 380 g/mol. The number of sulfonamides is 1. The molecule has 1 aromatic heterocycles. The van der Waals surface area contributed by atoms with Crippen molar-refractivity contribution in [3.8, 4) is 11.5 Å². The van der Waals surface area contributed by atoms with Crippen molar-refractivity contribution in [2.75, 3.05) is 33.9 Å². The first kappa shape index (κ1) is 20.6. The van der Waals surface area contributed by atoms with Gasteiger partial charge in [-0.25, -0.2) is 8.42 Å². The highest BCUT2D eigenvalue weighted by Gasteiger charge is 2.29. The summed E-state index contributed by atoms with van der Waals surface area (Å²) in [6.07, 6.45) is 4.52. The average molecular weight is 407 g/mol. The van der Waals surface area contributed by atoms with Crippen LogP contribution < -0.4 is 9.47 Å². The fourth-order valence-corrected chi connectivity index (χ4v) is 4.69. The quantitative estimate of drug-likeness (QED) is 0.671. The van der Waals surface area contributed by atoms with Gasteiger partial charge in [0, 0.05) is 38.2 Å². The number of piperidine rings is 1. The molecule has 0 aliphatic carbocycles. The van der Waals surface area contributed by atoms with Crippen LogP contribution in [-0.4, -0.2) is 51.6 Å². The zero-order valence-electron chi connectivity index (χ0n) is 16.2. The van der Waals surface area contributed by atoms with E-state index < -0.39 is 10.0 Å². The molecule has 3 rings (SSSR count). The summed E-state index contributed by atoms with van der Waals surface area (Å²) in [7, 11) is -0.227. The van der Waals surface area contributed by atoms with Gasteiger partial charge in [-0.1, -0.05) is 0 Å². The number of hydrogen-bond donors (Lipinski definition) is 0. The molecule has 0 atom stereocenters. The number of pyridine rings is 1. The summed E-state index contributed by atoms with van der Waals surface area (Å²) in [6.45, 7) is 2.05. The number of ether oxygens (including phenoxy) is 3. The van der Waals surface area contributed by atoms with Crippen LogP contribution in [0.5, 0.6) is 11.5 Å². The zero-order chi connectivity index (χ0) is 20.0. The van der Waals surface area contributed by atoms with Gasteiger partial charge in [0.05, 0.1) is 20.8 Å². The van der Waals surface area contributed by atoms with Crippen LogP contribution in [0.3, 0.4) is 0 Å². The van der Waals surface area contributed by atoms with Gasteiger partial charge in [0.25, 0.3) is 0 Å². The van der Waals surface area contributed by atoms with Crippen LogP contribution in [0, 0.1) is 5.92 Å². The molecule has 1 saturated heterocycles. The van der Waals surface area contributed by atoms with Crippen molar-refractivity contribution in [1.82, 2.24) is 9.29 Å². The Hall–Kier alpha value is -2.16. The van der Waals surface area contributed by atoms with E-state index in [0.717, 1.165) is 29.9 Å². The number of benzene rings is 1. The van der Waals surface area contributed by atoms with Gasteiger partial charge in [-0.2, -0.15) is 4.31 Å². The maximum absolute atomic E-state index is 12.6. The number of aromatic nitrogens is 1. The van der Waals surface area contributed by atoms with Crippen LogP contribution in [0.25, 0.3) is 0 Å². The summed E-state index contributed by atoms with van der Waals surface area (Å²) in [5.41, 5.74) is 0.979. The lowest BCUT2D eigenvalue weighted by Crippen LogP contribution is -2.39. The molecule has 0 bridgehead atoms. The molecule has 0 spiro atoms. The van der Waals surface area contributed by atoms with Gasteiger partial charge < -0.3 is 14.2 Å². The van der Waals surface area contributed by atoms with E-state index in [1.807, 2.05) is 18.2 Å². The van der Waals surface area contributed by atoms with E-state index in [9.17, 15) is 8.42 Å². The first-order chi connectivity index (χ1) is 13.5. The highest BCUT2D eigenvalue weighted by atomic mass is 32.2. The van der Waals surface area contributed by atoms with E-state index in [4.69, 9.17) is 14.2 Å². The van der Waals surface area contributed by atoms with Crippen molar-refractivity contribution in [3.63, 3.8) is 0 Å². The number of hydrogen-bond acceptors (Lipinski definition) is 6. The summed E-state index contributed by atoms with van der Waals surface area (Å²) < 4.78 is 43.2. The highest BCUT2D eigenvalue weighted by molar-refractivity contribution is 7.89. The SMILES string of the molecule is COc1cc(COCC2CCN(S(=O)(=O)c3cccnc3)CC2)cc(OC)c1. The normalized spacial score (nSPS) is 16.1. The Morgan fingerprint density at radius 2 is 1.79 bits per heavy atom. The van der Waals surface area contributed by atoms with Gasteiger partial charge in [-0.15, -0.1) is 0 Å². The van der Waals surface area contributed by atoms with E-state index in [-0.39, 0.29) is 4.90 Å². The molecule has 0 radical (unpaired) electrons. The molecule has 1 aromatic carbocycles. The Labute approximate surface area is 166 Å². The summed E-state index contributed by atoms with van der Waals surface area (Å²) in [5, 5.41) is 0. The first-order valence-corrected chi connectivity index (χ1v) is 10.7. The zero-order valence-corrected chi connectivity index (χ0v) is 17.0. The van der Waals surface area contributed by atoms with Gasteiger partial charge in [0.15, 0.2) is 0 Å². The van der Waals surface area contributed by atoms with Crippen molar-refractivity contribution in [2.24, 2.45) is 5.92 Å². The Morgan fingerprint density at radius 1 is 1.11 bits per heavy atom. The van der Waals surface area contributed by atoms with E-state index in [0.29, 0.717) is 32.2 Å². The van der Waals surface area contributed by atoms with Crippen molar-refractivity contribution in [2.45, 2.75) is 24.3 Å². The molecule has 152 valence electrons. The van der Waals surface area contributed by atoms with Crippen molar-refractivity contribution < 1.29 is 22.6 Å². The molecule has 0 unspecified atom stereocenters. The fraction of sp³-hybridized carbons (Fsp3) is 0.450. The van der Waals surface area contributed by atoms with E-state index in [1.54, 1.807) is 32.5 Å². The largest absolute Gasteiger partial charge is 0.497 e. The van der Waals surface area contributed by atoms with Gasteiger partial charge >= 0.3 is 0 Å². The van der Waals surface area contributed by atoms with Gasteiger partial charge in [0.1, 0.15) is 16.4 Å². The van der Waals surface area contributed by atoms with E-state index >= 15 is 0 Å². The minimum atomic E-state index is -3.46. The molecule has 2 heterocycles. The summed E-state index contributed by atoms with van der Waals surface area (Å²) >= 11 is 0. The Kier molecular flexibility index (Phi) is 6.88. The Morgan fingerprint density at radius 3 is 2.36 bits per heavy atom. The molecule has 8 heteroatoms. The molecule has 0 amide bonds. The monoisotopic (exact) mass is 406 g/mol. The maximum Gasteiger partial charge on any atom is 0.244 e. The second-order valence-electron chi connectivity index (χ2n) is 6.77. The lowest BCUT2D eigenvalue weighted by Gasteiger charge is -2.31. The molecule has 28 heavy (non-hydrogen) atoms. The fourth-order valence-electron chi connectivity index (χ4n) is 3.26. The molecule has 2 aromatic rings. The van der Waals surface area contributed by atoms with Crippen LogP contribution >= 0.6 is 0 Å². The van der Waals surface area contributed by atoms with Crippen molar-refractivity contribution in [1.29, 1.82) is 0 Å². The third kappa shape index (κ3) is 5.01. The minimum Gasteiger partial charge on any atom is -0.497 e. The third-order valence-corrected chi connectivity index (χ3v) is 6.76. The maximum atomic E-state index is 12.6. The van der Waals surface area contributed by atoms with Crippen LogP contribution in [0.4, 0.5) is 0 Å².